The second-order valence-corrected chi connectivity index (χ2v) is 7.35. The molecule has 0 aliphatic carbocycles. The van der Waals surface area contributed by atoms with E-state index in [1.807, 2.05) is 12.1 Å². The van der Waals surface area contributed by atoms with Crippen LogP contribution in [0.3, 0.4) is 0 Å². The minimum absolute atomic E-state index is 0.528. The molecule has 0 unspecified atom stereocenters. The van der Waals surface area contributed by atoms with Crippen molar-refractivity contribution in [3.63, 3.8) is 0 Å². The van der Waals surface area contributed by atoms with Gasteiger partial charge in [-0.25, -0.2) is 0 Å². The van der Waals surface area contributed by atoms with Gasteiger partial charge in [0.25, 0.3) is 0 Å². The Labute approximate surface area is 135 Å². The van der Waals surface area contributed by atoms with E-state index in [9.17, 15) is 8.42 Å². The highest BCUT2D eigenvalue weighted by Gasteiger charge is 2.23. The van der Waals surface area contributed by atoms with Gasteiger partial charge in [0.2, 0.25) is 5.89 Å². The number of anilines is 1. The Morgan fingerprint density at radius 1 is 1.17 bits per heavy atom. The SMILES string of the molecule is Cc1noc(Cc2ccc(NS(=O)(=O)N3CCCCC3)cc2)n1. The van der Waals surface area contributed by atoms with Crippen molar-refractivity contribution in [3.8, 4) is 0 Å². The van der Waals surface area contributed by atoms with E-state index in [-0.39, 0.29) is 0 Å². The predicted octanol–water partition coefficient (Wildman–Crippen LogP) is 2.11. The van der Waals surface area contributed by atoms with E-state index in [0.29, 0.717) is 36.9 Å². The van der Waals surface area contributed by atoms with Gasteiger partial charge in [0.1, 0.15) is 0 Å². The van der Waals surface area contributed by atoms with E-state index in [1.54, 1.807) is 19.1 Å². The molecular formula is C15H20N4O3S. The van der Waals surface area contributed by atoms with Crippen LogP contribution in [-0.2, 0) is 16.6 Å². The molecule has 1 aromatic carbocycles. The molecule has 1 saturated heterocycles. The van der Waals surface area contributed by atoms with Crippen LogP contribution in [0.4, 0.5) is 5.69 Å². The fourth-order valence-corrected chi connectivity index (χ4v) is 3.90. The summed E-state index contributed by atoms with van der Waals surface area (Å²) >= 11 is 0. The van der Waals surface area contributed by atoms with E-state index in [2.05, 4.69) is 14.9 Å². The molecule has 0 bridgehead atoms. The van der Waals surface area contributed by atoms with Crippen LogP contribution in [0, 0.1) is 6.92 Å². The fraction of sp³-hybridized carbons (Fsp3) is 0.467. The van der Waals surface area contributed by atoms with Crippen LogP contribution in [0.15, 0.2) is 28.8 Å². The summed E-state index contributed by atoms with van der Waals surface area (Å²) in [4.78, 5) is 4.15. The first-order chi connectivity index (χ1) is 11.0. The lowest BCUT2D eigenvalue weighted by Crippen LogP contribution is -2.39. The molecule has 0 saturated carbocycles. The number of aryl methyl sites for hydroxylation is 1. The number of nitrogens with zero attached hydrogens (tertiary/aromatic N) is 3. The number of benzene rings is 1. The summed E-state index contributed by atoms with van der Waals surface area (Å²) in [7, 11) is -3.46. The first-order valence-corrected chi connectivity index (χ1v) is 9.13. The molecular weight excluding hydrogens is 316 g/mol. The summed E-state index contributed by atoms with van der Waals surface area (Å²) in [5.74, 6) is 1.15. The van der Waals surface area contributed by atoms with E-state index < -0.39 is 10.2 Å². The first-order valence-electron chi connectivity index (χ1n) is 7.69. The third-order valence-electron chi connectivity index (χ3n) is 3.78. The molecule has 23 heavy (non-hydrogen) atoms. The van der Waals surface area contributed by atoms with Gasteiger partial charge in [-0.2, -0.15) is 17.7 Å². The van der Waals surface area contributed by atoms with Gasteiger partial charge < -0.3 is 4.52 Å². The van der Waals surface area contributed by atoms with Crippen molar-refractivity contribution >= 4 is 15.9 Å². The van der Waals surface area contributed by atoms with Gasteiger partial charge in [-0.15, -0.1) is 0 Å². The molecule has 3 rings (SSSR count). The van der Waals surface area contributed by atoms with E-state index in [4.69, 9.17) is 4.52 Å². The van der Waals surface area contributed by atoms with Crippen molar-refractivity contribution in [1.29, 1.82) is 0 Å². The molecule has 124 valence electrons. The van der Waals surface area contributed by atoms with Gasteiger partial charge in [0.05, 0.1) is 6.42 Å². The minimum Gasteiger partial charge on any atom is -0.339 e. The zero-order valence-corrected chi connectivity index (χ0v) is 13.8. The minimum atomic E-state index is -3.46. The number of piperidine rings is 1. The van der Waals surface area contributed by atoms with Crippen molar-refractivity contribution in [3.05, 3.63) is 41.5 Å². The summed E-state index contributed by atoms with van der Waals surface area (Å²) in [6.45, 7) is 2.94. The van der Waals surface area contributed by atoms with Crippen LogP contribution in [0.25, 0.3) is 0 Å². The van der Waals surface area contributed by atoms with Crippen LogP contribution in [0.1, 0.15) is 36.5 Å². The smallest absolute Gasteiger partial charge is 0.301 e. The molecule has 8 heteroatoms. The fourth-order valence-electron chi connectivity index (χ4n) is 2.60. The highest BCUT2D eigenvalue weighted by molar-refractivity contribution is 7.90. The van der Waals surface area contributed by atoms with Gasteiger partial charge >= 0.3 is 10.2 Å². The average Bonchev–Trinajstić information content (AvgIpc) is 2.95. The summed E-state index contributed by atoms with van der Waals surface area (Å²) in [5.41, 5.74) is 1.54. The molecule has 0 amide bonds. The Hall–Kier alpha value is -1.93. The lowest BCUT2D eigenvalue weighted by Gasteiger charge is -2.26. The molecule has 1 aliphatic heterocycles. The number of aromatic nitrogens is 2. The van der Waals surface area contributed by atoms with Crippen LogP contribution >= 0.6 is 0 Å². The Balaban J connectivity index is 1.65. The molecule has 1 aromatic heterocycles. The Kier molecular flexibility index (Phi) is 4.63. The highest BCUT2D eigenvalue weighted by Crippen LogP contribution is 2.18. The lowest BCUT2D eigenvalue weighted by atomic mass is 10.1. The maximum Gasteiger partial charge on any atom is 0.301 e. The molecule has 2 heterocycles. The van der Waals surface area contributed by atoms with Crippen LogP contribution < -0.4 is 4.72 Å². The largest absolute Gasteiger partial charge is 0.339 e. The van der Waals surface area contributed by atoms with Crippen LogP contribution in [0.5, 0.6) is 0 Å². The number of nitrogens with one attached hydrogen (secondary N) is 1. The third kappa shape index (κ3) is 4.08. The van der Waals surface area contributed by atoms with E-state index in [1.165, 1.54) is 4.31 Å². The predicted molar refractivity (Wildman–Crippen MR) is 86.2 cm³/mol. The van der Waals surface area contributed by atoms with Crippen LogP contribution in [-0.4, -0.2) is 36.0 Å². The molecule has 0 atom stereocenters. The van der Waals surface area contributed by atoms with Gasteiger partial charge in [-0.3, -0.25) is 4.72 Å². The molecule has 2 aromatic rings. The first kappa shape index (κ1) is 15.9. The number of rotatable bonds is 5. The zero-order valence-electron chi connectivity index (χ0n) is 13.0. The van der Waals surface area contributed by atoms with E-state index >= 15 is 0 Å². The molecule has 7 nitrogen and oxygen atoms in total. The second-order valence-electron chi connectivity index (χ2n) is 5.68. The van der Waals surface area contributed by atoms with Crippen molar-refractivity contribution in [2.75, 3.05) is 17.8 Å². The monoisotopic (exact) mass is 336 g/mol. The van der Waals surface area contributed by atoms with E-state index in [0.717, 1.165) is 24.8 Å². The van der Waals surface area contributed by atoms with Crippen molar-refractivity contribution < 1.29 is 12.9 Å². The third-order valence-corrected chi connectivity index (χ3v) is 5.32. The summed E-state index contributed by atoms with van der Waals surface area (Å²) < 4.78 is 33.8. The molecule has 1 fully saturated rings. The van der Waals surface area contributed by atoms with Crippen molar-refractivity contribution in [1.82, 2.24) is 14.4 Å². The van der Waals surface area contributed by atoms with Crippen molar-refractivity contribution in [2.45, 2.75) is 32.6 Å². The summed E-state index contributed by atoms with van der Waals surface area (Å²) in [6, 6.07) is 7.21. The quantitative estimate of drug-likeness (QED) is 0.903. The summed E-state index contributed by atoms with van der Waals surface area (Å²) in [5, 5.41) is 3.75. The van der Waals surface area contributed by atoms with Gasteiger partial charge in [0.15, 0.2) is 5.82 Å². The van der Waals surface area contributed by atoms with Gasteiger partial charge in [0, 0.05) is 18.8 Å². The lowest BCUT2D eigenvalue weighted by molar-refractivity contribution is 0.349. The normalized spacial score (nSPS) is 16.4. The van der Waals surface area contributed by atoms with Crippen LogP contribution in [0.2, 0.25) is 0 Å². The van der Waals surface area contributed by atoms with Gasteiger partial charge in [-0.05, 0) is 37.5 Å². The molecule has 0 spiro atoms. The zero-order chi connectivity index (χ0) is 16.3. The summed E-state index contributed by atoms with van der Waals surface area (Å²) in [6.07, 6.45) is 3.46. The average molecular weight is 336 g/mol. The van der Waals surface area contributed by atoms with Gasteiger partial charge in [-0.1, -0.05) is 23.7 Å². The second kappa shape index (κ2) is 6.67. The number of hydrogen-bond acceptors (Lipinski definition) is 5. The van der Waals surface area contributed by atoms with Crippen molar-refractivity contribution in [2.24, 2.45) is 0 Å². The molecule has 0 radical (unpaired) electrons. The standard InChI is InChI=1S/C15H20N4O3S/c1-12-16-15(22-17-12)11-13-5-7-14(8-6-13)18-23(20,21)19-9-3-2-4-10-19/h5-8,18H,2-4,9-11H2,1H3. The molecule has 1 N–H and O–H groups in total. The maximum absolute atomic E-state index is 12.3. The highest BCUT2D eigenvalue weighted by atomic mass is 32.2. The maximum atomic E-state index is 12.3. The number of hydrogen-bond donors (Lipinski definition) is 1. The Morgan fingerprint density at radius 3 is 2.48 bits per heavy atom. The molecule has 1 aliphatic rings. The topological polar surface area (TPSA) is 88.3 Å². The Morgan fingerprint density at radius 2 is 1.87 bits per heavy atom. The Bertz CT molecular complexity index is 749.